The third-order valence-corrected chi connectivity index (χ3v) is 2.84. The van der Waals surface area contributed by atoms with E-state index in [2.05, 4.69) is 12.2 Å². The second-order valence-electron chi connectivity index (χ2n) is 4.08. The predicted molar refractivity (Wildman–Crippen MR) is 55.9 cm³/mol. The highest BCUT2D eigenvalue weighted by molar-refractivity contribution is 4.82. The molecule has 1 N–H and O–H groups in total. The highest BCUT2D eigenvalue weighted by atomic mass is 16.5. The van der Waals surface area contributed by atoms with Gasteiger partial charge in [0.2, 0.25) is 0 Å². The molecule has 1 aliphatic carbocycles. The van der Waals surface area contributed by atoms with Crippen LogP contribution in [0.1, 0.15) is 32.6 Å². The molecule has 0 aromatic carbocycles. The molecule has 0 heterocycles. The standard InChI is InChI=1S/C11H23NO/c1-3-4-11(10-5-6-10)9-12-7-8-13-2/h10-12H,3-9H2,1-2H3. The maximum Gasteiger partial charge on any atom is 0.0587 e. The highest BCUT2D eigenvalue weighted by Gasteiger charge is 2.29. The van der Waals surface area contributed by atoms with Gasteiger partial charge in [0.25, 0.3) is 0 Å². The quantitative estimate of drug-likeness (QED) is 0.584. The van der Waals surface area contributed by atoms with Crippen molar-refractivity contribution >= 4 is 0 Å². The van der Waals surface area contributed by atoms with Crippen LogP contribution in [-0.2, 0) is 4.74 Å². The van der Waals surface area contributed by atoms with Crippen LogP contribution in [0.4, 0.5) is 0 Å². The average Bonchev–Trinajstić information content (AvgIpc) is 2.93. The molecule has 0 radical (unpaired) electrons. The Morgan fingerprint density at radius 3 is 2.77 bits per heavy atom. The number of rotatable bonds is 8. The second kappa shape index (κ2) is 6.39. The normalized spacial score (nSPS) is 18.9. The summed E-state index contributed by atoms with van der Waals surface area (Å²) in [7, 11) is 1.76. The van der Waals surface area contributed by atoms with Crippen molar-refractivity contribution in [1.29, 1.82) is 0 Å². The molecule has 0 spiro atoms. The fourth-order valence-electron chi connectivity index (χ4n) is 1.90. The summed E-state index contributed by atoms with van der Waals surface area (Å²) in [4.78, 5) is 0. The van der Waals surface area contributed by atoms with Gasteiger partial charge in [-0.2, -0.15) is 0 Å². The van der Waals surface area contributed by atoms with Crippen LogP contribution < -0.4 is 5.32 Å². The third kappa shape index (κ3) is 4.63. The lowest BCUT2D eigenvalue weighted by Gasteiger charge is -2.15. The summed E-state index contributed by atoms with van der Waals surface area (Å²) in [5.41, 5.74) is 0. The molecule has 78 valence electrons. The van der Waals surface area contributed by atoms with Gasteiger partial charge in [-0.15, -0.1) is 0 Å². The maximum atomic E-state index is 5.00. The summed E-state index contributed by atoms with van der Waals surface area (Å²) in [6, 6.07) is 0. The number of ether oxygens (including phenoxy) is 1. The summed E-state index contributed by atoms with van der Waals surface area (Å²) < 4.78 is 5.00. The molecular formula is C11H23NO. The van der Waals surface area contributed by atoms with E-state index in [9.17, 15) is 0 Å². The van der Waals surface area contributed by atoms with Crippen LogP contribution in [0.5, 0.6) is 0 Å². The molecule has 1 saturated carbocycles. The zero-order valence-corrected chi connectivity index (χ0v) is 9.01. The van der Waals surface area contributed by atoms with Crippen LogP contribution in [-0.4, -0.2) is 26.8 Å². The van der Waals surface area contributed by atoms with Crippen molar-refractivity contribution in [1.82, 2.24) is 5.32 Å². The first-order valence-corrected chi connectivity index (χ1v) is 5.58. The molecule has 1 rings (SSSR count). The van der Waals surface area contributed by atoms with Crippen LogP contribution in [0, 0.1) is 11.8 Å². The van der Waals surface area contributed by atoms with Crippen molar-refractivity contribution in [2.45, 2.75) is 32.6 Å². The second-order valence-corrected chi connectivity index (χ2v) is 4.08. The summed E-state index contributed by atoms with van der Waals surface area (Å²) in [5.74, 6) is 1.97. The zero-order chi connectivity index (χ0) is 9.52. The Morgan fingerprint density at radius 2 is 2.23 bits per heavy atom. The van der Waals surface area contributed by atoms with Gasteiger partial charge in [-0.3, -0.25) is 0 Å². The summed E-state index contributed by atoms with van der Waals surface area (Å²) in [6.45, 7) is 5.32. The Labute approximate surface area is 82.0 Å². The van der Waals surface area contributed by atoms with E-state index in [1.165, 1.54) is 32.2 Å². The molecule has 1 atom stereocenters. The first-order chi connectivity index (χ1) is 6.38. The first kappa shape index (κ1) is 11.0. The number of hydrogen-bond acceptors (Lipinski definition) is 2. The van der Waals surface area contributed by atoms with Crippen LogP contribution >= 0.6 is 0 Å². The minimum Gasteiger partial charge on any atom is -0.383 e. The smallest absolute Gasteiger partial charge is 0.0587 e. The predicted octanol–water partition coefficient (Wildman–Crippen LogP) is 2.05. The molecule has 13 heavy (non-hydrogen) atoms. The van der Waals surface area contributed by atoms with Crippen molar-refractivity contribution in [2.75, 3.05) is 26.8 Å². The van der Waals surface area contributed by atoms with E-state index in [0.29, 0.717) is 0 Å². The SMILES string of the molecule is CCCC(CNCCOC)C1CC1. The minimum absolute atomic E-state index is 0.837. The fraction of sp³-hybridized carbons (Fsp3) is 1.00. The van der Waals surface area contributed by atoms with Crippen LogP contribution in [0.15, 0.2) is 0 Å². The molecule has 0 aromatic heterocycles. The third-order valence-electron chi connectivity index (χ3n) is 2.84. The lowest BCUT2D eigenvalue weighted by atomic mass is 9.98. The molecule has 0 aromatic rings. The van der Waals surface area contributed by atoms with Crippen LogP contribution in [0.25, 0.3) is 0 Å². The van der Waals surface area contributed by atoms with E-state index in [1.807, 2.05) is 0 Å². The Morgan fingerprint density at radius 1 is 1.46 bits per heavy atom. The molecular weight excluding hydrogens is 162 g/mol. The molecule has 0 aliphatic heterocycles. The van der Waals surface area contributed by atoms with Gasteiger partial charge in [-0.05, 0) is 37.6 Å². The molecule has 0 bridgehead atoms. The van der Waals surface area contributed by atoms with E-state index < -0.39 is 0 Å². The molecule has 0 saturated heterocycles. The molecule has 0 amide bonds. The van der Waals surface area contributed by atoms with E-state index in [4.69, 9.17) is 4.74 Å². The molecule has 1 fully saturated rings. The van der Waals surface area contributed by atoms with Crippen molar-refractivity contribution in [3.8, 4) is 0 Å². The van der Waals surface area contributed by atoms with Gasteiger partial charge >= 0.3 is 0 Å². The van der Waals surface area contributed by atoms with Gasteiger partial charge in [0, 0.05) is 13.7 Å². The van der Waals surface area contributed by atoms with Crippen molar-refractivity contribution in [2.24, 2.45) is 11.8 Å². The number of nitrogens with one attached hydrogen (secondary N) is 1. The topological polar surface area (TPSA) is 21.3 Å². The van der Waals surface area contributed by atoms with Crippen molar-refractivity contribution in [3.63, 3.8) is 0 Å². The highest BCUT2D eigenvalue weighted by Crippen LogP contribution is 2.38. The Balaban J connectivity index is 2.00. The molecule has 1 aliphatic rings. The zero-order valence-electron chi connectivity index (χ0n) is 9.01. The first-order valence-electron chi connectivity index (χ1n) is 5.58. The van der Waals surface area contributed by atoms with E-state index >= 15 is 0 Å². The largest absolute Gasteiger partial charge is 0.383 e. The van der Waals surface area contributed by atoms with Gasteiger partial charge < -0.3 is 10.1 Å². The van der Waals surface area contributed by atoms with Gasteiger partial charge in [0.15, 0.2) is 0 Å². The molecule has 1 unspecified atom stereocenters. The van der Waals surface area contributed by atoms with E-state index in [1.54, 1.807) is 7.11 Å². The van der Waals surface area contributed by atoms with Gasteiger partial charge in [-0.25, -0.2) is 0 Å². The summed E-state index contributed by atoms with van der Waals surface area (Å²) >= 11 is 0. The van der Waals surface area contributed by atoms with Crippen molar-refractivity contribution in [3.05, 3.63) is 0 Å². The van der Waals surface area contributed by atoms with Gasteiger partial charge in [0.05, 0.1) is 6.61 Å². The average molecular weight is 185 g/mol. The lowest BCUT2D eigenvalue weighted by molar-refractivity contribution is 0.196. The van der Waals surface area contributed by atoms with E-state index in [-0.39, 0.29) is 0 Å². The van der Waals surface area contributed by atoms with E-state index in [0.717, 1.165) is 25.0 Å². The molecule has 2 nitrogen and oxygen atoms in total. The van der Waals surface area contributed by atoms with Crippen LogP contribution in [0.2, 0.25) is 0 Å². The Hall–Kier alpha value is -0.0800. The fourth-order valence-corrected chi connectivity index (χ4v) is 1.90. The number of hydrogen-bond donors (Lipinski definition) is 1. The van der Waals surface area contributed by atoms with Gasteiger partial charge in [-0.1, -0.05) is 13.3 Å². The summed E-state index contributed by atoms with van der Waals surface area (Å²) in [5, 5.41) is 3.47. The Kier molecular flexibility index (Phi) is 5.40. The summed E-state index contributed by atoms with van der Waals surface area (Å²) in [6.07, 6.45) is 5.66. The van der Waals surface area contributed by atoms with Crippen LogP contribution in [0.3, 0.4) is 0 Å². The Bertz CT molecular complexity index is 123. The monoisotopic (exact) mass is 185 g/mol. The minimum atomic E-state index is 0.837. The lowest BCUT2D eigenvalue weighted by Crippen LogP contribution is -2.27. The maximum absolute atomic E-state index is 5.00. The number of methoxy groups -OCH3 is 1. The van der Waals surface area contributed by atoms with Crippen molar-refractivity contribution < 1.29 is 4.74 Å². The molecule has 2 heteroatoms. The van der Waals surface area contributed by atoms with Gasteiger partial charge in [0.1, 0.15) is 0 Å².